The van der Waals surface area contributed by atoms with Crippen molar-refractivity contribution in [2.75, 3.05) is 0 Å². The number of nitrogens with zero attached hydrogens (tertiary/aromatic N) is 6. The highest BCUT2D eigenvalue weighted by Gasteiger charge is 1.92. The zero-order valence-corrected chi connectivity index (χ0v) is 17.9. The van der Waals surface area contributed by atoms with Crippen molar-refractivity contribution in [1.29, 1.82) is 0 Å². The van der Waals surface area contributed by atoms with Crippen LogP contribution >= 0.6 is 0 Å². The molecule has 0 spiro atoms. The van der Waals surface area contributed by atoms with E-state index >= 15 is 0 Å². The van der Waals surface area contributed by atoms with Crippen LogP contribution in [0.2, 0.25) is 0 Å². The number of aromatic nitrogens is 6. The first-order chi connectivity index (χ1) is 12.5. The quantitative estimate of drug-likeness (QED) is 0.593. The van der Waals surface area contributed by atoms with E-state index in [4.69, 9.17) is 0 Å². The predicted octanol–water partition coefficient (Wildman–Crippen LogP) is 4.21. The van der Waals surface area contributed by atoms with Crippen LogP contribution in [-0.2, 0) is 0 Å². The topological polar surface area (TPSA) is 77.3 Å². The largest absolute Gasteiger partial charge is 0.258 e. The average Bonchev–Trinajstić information content (AvgIpc) is 2.43. The molecular weight excluding hydrogens is 336 g/mol. The molecule has 3 heterocycles. The van der Waals surface area contributed by atoms with Crippen molar-refractivity contribution >= 4 is 0 Å². The van der Waals surface area contributed by atoms with Crippen molar-refractivity contribution in [2.24, 2.45) is 0 Å². The fourth-order valence-electron chi connectivity index (χ4n) is 2.72. The van der Waals surface area contributed by atoms with Gasteiger partial charge in [0.15, 0.2) is 0 Å². The summed E-state index contributed by atoms with van der Waals surface area (Å²) in [5.74, 6) is 3.23. The Balaban J connectivity index is 0.000000202. The first-order valence-electron chi connectivity index (χ1n) is 8.92. The van der Waals surface area contributed by atoms with Gasteiger partial charge in [0.1, 0.15) is 23.3 Å². The predicted molar refractivity (Wildman–Crippen MR) is 109 cm³/mol. The second kappa shape index (κ2) is 10.4. The van der Waals surface area contributed by atoms with Gasteiger partial charge in [0, 0.05) is 22.8 Å². The Bertz CT molecular complexity index is 621. The highest BCUT2D eigenvalue weighted by molar-refractivity contribution is 5.18. The number of pyridine rings is 1. The van der Waals surface area contributed by atoms with E-state index in [0.29, 0.717) is 0 Å². The molecule has 6 heteroatoms. The Morgan fingerprint density at radius 2 is 0.667 bits per heavy atom. The molecule has 0 unspecified atom stereocenters. The van der Waals surface area contributed by atoms with Gasteiger partial charge in [0.2, 0.25) is 0 Å². The van der Waals surface area contributed by atoms with E-state index in [0.717, 1.165) is 46.1 Å². The van der Waals surface area contributed by atoms with Gasteiger partial charge in [-0.2, -0.15) is 0 Å². The average molecular weight is 367 g/mol. The summed E-state index contributed by atoms with van der Waals surface area (Å²) in [6, 6.07) is 6.12. The smallest absolute Gasteiger partial charge is 0.129 e. The molecule has 0 radical (unpaired) electrons. The molecule has 0 aromatic carbocycles. The summed E-state index contributed by atoms with van der Waals surface area (Å²) in [5.41, 5.74) is 5.58. The Morgan fingerprint density at radius 1 is 0.370 bits per heavy atom. The summed E-state index contributed by atoms with van der Waals surface area (Å²) in [6.45, 7) is 17.6. The van der Waals surface area contributed by atoms with Crippen molar-refractivity contribution < 1.29 is 0 Å². The molecule has 0 aliphatic rings. The standard InChI is InChI=1S/C8H11N.C7H10N2.C6H9N3/c1-6-4-7(2)9-8(3)5-6;1-5-4-6(2)9-7(3)8-5;1-4-7-5(2)9-6(3)8-4/h4-5H,1-3H3;4H,1-3H3;1-3H3. The van der Waals surface area contributed by atoms with Crippen LogP contribution in [0.4, 0.5) is 0 Å². The van der Waals surface area contributed by atoms with Crippen molar-refractivity contribution in [3.8, 4) is 0 Å². The van der Waals surface area contributed by atoms with Crippen LogP contribution in [0, 0.1) is 62.3 Å². The maximum Gasteiger partial charge on any atom is 0.129 e. The highest BCUT2D eigenvalue weighted by atomic mass is 15.0. The van der Waals surface area contributed by atoms with Gasteiger partial charge < -0.3 is 0 Å². The molecule has 0 fully saturated rings. The summed E-state index contributed by atoms with van der Waals surface area (Å²) < 4.78 is 0. The molecule has 144 valence electrons. The molecule has 3 aromatic heterocycles. The third kappa shape index (κ3) is 9.49. The highest BCUT2D eigenvalue weighted by Crippen LogP contribution is 2.01. The molecule has 0 amide bonds. The van der Waals surface area contributed by atoms with E-state index in [-0.39, 0.29) is 0 Å². The normalized spacial score (nSPS) is 9.67. The summed E-state index contributed by atoms with van der Waals surface area (Å²) in [4.78, 5) is 24.5. The van der Waals surface area contributed by atoms with Crippen molar-refractivity contribution in [2.45, 2.75) is 62.3 Å². The number of hydrogen-bond acceptors (Lipinski definition) is 6. The zero-order valence-electron chi connectivity index (χ0n) is 17.9. The van der Waals surface area contributed by atoms with Gasteiger partial charge in [-0.3, -0.25) is 4.98 Å². The van der Waals surface area contributed by atoms with Gasteiger partial charge >= 0.3 is 0 Å². The summed E-state index contributed by atoms with van der Waals surface area (Å²) >= 11 is 0. The van der Waals surface area contributed by atoms with Crippen LogP contribution in [0.1, 0.15) is 51.6 Å². The van der Waals surface area contributed by atoms with Crippen LogP contribution in [0.3, 0.4) is 0 Å². The van der Waals surface area contributed by atoms with E-state index in [1.165, 1.54) is 5.56 Å². The van der Waals surface area contributed by atoms with Crippen LogP contribution < -0.4 is 0 Å². The monoisotopic (exact) mass is 366 g/mol. The second-order valence-corrected chi connectivity index (χ2v) is 6.60. The van der Waals surface area contributed by atoms with E-state index in [2.05, 4.69) is 49.0 Å². The minimum atomic E-state index is 0.792. The van der Waals surface area contributed by atoms with Crippen LogP contribution in [-0.4, -0.2) is 29.9 Å². The molecule has 3 rings (SSSR count). The van der Waals surface area contributed by atoms with Crippen molar-refractivity contribution in [3.05, 3.63) is 69.8 Å². The molecule has 0 atom stereocenters. The molecule has 0 aliphatic heterocycles. The second-order valence-electron chi connectivity index (χ2n) is 6.60. The minimum absolute atomic E-state index is 0.792. The van der Waals surface area contributed by atoms with Crippen LogP contribution in [0.25, 0.3) is 0 Å². The Hall–Kier alpha value is -2.76. The molecular formula is C21H30N6. The minimum Gasteiger partial charge on any atom is -0.258 e. The lowest BCUT2D eigenvalue weighted by molar-refractivity contribution is 0.875. The summed E-state index contributed by atoms with van der Waals surface area (Å²) in [6.07, 6.45) is 0. The molecule has 0 saturated carbocycles. The Labute approximate surface area is 162 Å². The van der Waals surface area contributed by atoms with E-state index < -0.39 is 0 Å². The van der Waals surface area contributed by atoms with E-state index in [9.17, 15) is 0 Å². The SMILES string of the molecule is Cc1cc(C)nc(C)c1.Cc1cc(C)nc(C)n1.Cc1nc(C)nc(C)n1. The van der Waals surface area contributed by atoms with E-state index in [1.54, 1.807) is 0 Å². The van der Waals surface area contributed by atoms with Gasteiger partial charge in [-0.05, 0) is 86.1 Å². The van der Waals surface area contributed by atoms with Crippen LogP contribution in [0.15, 0.2) is 18.2 Å². The fraction of sp³-hybridized carbons (Fsp3) is 0.429. The first-order valence-corrected chi connectivity index (χ1v) is 8.92. The van der Waals surface area contributed by atoms with Gasteiger partial charge in [-0.25, -0.2) is 24.9 Å². The van der Waals surface area contributed by atoms with Gasteiger partial charge in [-0.1, -0.05) is 0 Å². The summed E-state index contributed by atoms with van der Waals surface area (Å²) in [5, 5.41) is 0. The first kappa shape index (κ1) is 22.3. The Kier molecular flexibility index (Phi) is 8.59. The molecule has 6 nitrogen and oxygen atoms in total. The number of rotatable bonds is 0. The van der Waals surface area contributed by atoms with Gasteiger partial charge in [0.05, 0.1) is 0 Å². The maximum atomic E-state index is 4.23. The maximum absolute atomic E-state index is 4.23. The van der Waals surface area contributed by atoms with Crippen LogP contribution in [0.5, 0.6) is 0 Å². The molecule has 0 saturated heterocycles. The fourth-order valence-corrected chi connectivity index (χ4v) is 2.72. The third-order valence-electron chi connectivity index (χ3n) is 3.29. The lowest BCUT2D eigenvalue weighted by atomic mass is 10.2. The molecule has 27 heavy (non-hydrogen) atoms. The lowest BCUT2D eigenvalue weighted by Gasteiger charge is -1.96. The third-order valence-corrected chi connectivity index (χ3v) is 3.29. The van der Waals surface area contributed by atoms with Crippen molar-refractivity contribution in [3.63, 3.8) is 0 Å². The Morgan fingerprint density at radius 3 is 0.963 bits per heavy atom. The molecule has 0 N–H and O–H groups in total. The lowest BCUT2D eigenvalue weighted by Crippen LogP contribution is -1.97. The number of hydrogen-bond donors (Lipinski definition) is 0. The molecule has 0 aliphatic carbocycles. The summed E-state index contributed by atoms with van der Waals surface area (Å²) in [7, 11) is 0. The van der Waals surface area contributed by atoms with Gasteiger partial charge in [0.25, 0.3) is 0 Å². The zero-order chi connectivity index (χ0) is 20.6. The molecule has 0 bridgehead atoms. The number of aryl methyl sites for hydroxylation is 9. The molecule has 3 aromatic rings. The van der Waals surface area contributed by atoms with Crippen molar-refractivity contribution in [1.82, 2.24) is 29.9 Å². The van der Waals surface area contributed by atoms with E-state index in [1.807, 2.05) is 61.5 Å². The van der Waals surface area contributed by atoms with Gasteiger partial charge in [-0.15, -0.1) is 0 Å².